The van der Waals surface area contributed by atoms with Gasteiger partial charge in [0.25, 0.3) is 0 Å². The average Bonchev–Trinajstić information content (AvgIpc) is 3.49. The van der Waals surface area contributed by atoms with Crippen LogP contribution in [0.25, 0.3) is 0 Å². The number of ether oxygens (including phenoxy) is 3. The van der Waals surface area contributed by atoms with E-state index in [2.05, 4.69) is 11.1 Å². The Balaban J connectivity index is 1.36. The predicted octanol–water partition coefficient (Wildman–Crippen LogP) is 2.48. The van der Waals surface area contributed by atoms with Crippen LogP contribution in [0.1, 0.15) is 36.5 Å². The zero-order chi connectivity index (χ0) is 25.5. The second-order valence-electron chi connectivity index (χ2n) is 9.42. The van der Waals surface area contributed by atoms with Crippen molar-refractivity contribution in [1.29, 1.82) is 0 Å². The lowest BCUT2D eigenvalue weighted by atomic mass is 9.83. The Bertz CT molecular complexity index is 1180. The third kappa shape index (κ3) is 4.26. The van der Waals surface area contributed by atoms with Crippen LogP contribution >= 0.6 is 11.6 Å². The number of rotatable bonds is 7. The molecule has 0 unspecified atom stereocenters. The minimum Gasteiger partial charge on any atom is -0.456 e. The van der Waals surface area contributed by atoms with E-state index in [9.17, 15) is 20.4 Å². The predicted molar refractivity (Wildman–Crippen MR) is 133 cm³/mol. The monoisotopic (exact) mass is 515 g/mol. The molecular weight excluding hydrogens is 486 g/mol. The summed E-state index contributed by atoms with van der Waals surface area (Å²) in [5.74, 6) is -0.195. The molecule has 0 radical (unpaired) electrons. The van der Waals surface area contributed by atoms with Crippen LogP contribution in [0.2, 0.25) is 5.02 Å². The van der Waals surface area contributed by atoms with E-state index in [1.54, 1.807) is 18.2 Å². The van der Waals surface area contributed by atoms with Crippen molar-refractivity contribution in [3.8, 4) is 5.75 Å². The van der Waals surface area contributed by atoms with Crippen LogP contribution in [0.5, 0.6) is 5.75 Å². The van der Waals surface area contributed by atoms with Gasteiger partial charge in [0, 0.05) is 17.1 Å². The smallest absolute Gasteiger partial charge is 0.225 e. The molecule has 5 rings (SSSR count). The minimum atomic E-state index is -1.73. The number of aliphatic hydroxyl groups is 4. The summed E-state index contributed by atoms with van der Waals surface area (Å²) in [6.45, 7) is 1.98. The number of aliphatic hydroxyl groups excluding tert-OH is 4. The fraction of sp³-hybridized carbons (Fsp3) is 0.444. The van der Waals surface area contributed by atoms with E-state index >= 15 is 0 Å². The number of hydrogen-bond donors (Lipinski definition) is 4. The van der Waals surface area contributed by atoms with Gasteiger partial charge in [0.15, 0.2) is 0 Å². The topological polar surface area (TPSA) is 121 Å². The van der Waals surface area contributed by atoms with Crippen LogP contribution in [0.3, 0.4) is 0 Å². The number of fused-ring (bicyclic) bond motifs is 2. The quantitative estimate of drug-likeness (QED) is 0.447. The highest BCUT2D eigenvalue weighted by Gasteiger charge is 2.67. The first-order valence-corrected chi connectivity index (χ1v) is 12.5. The summed E-state index contributed by atoms with van der Waals surface area (Å²) < 4.78 is 17.8. The van der Waals surface area contributed by atoms with Gasteiger partial charge in [-0.2, -0.15) is 0 Å². The van der Waals surface area contributed by atoms with Gasteiger partial charge in [0.05, 0.1) is 18.9 Å². The van der Waals surface area contributed by atoms with E-state index in [1.807, 2.05) is 31.2 Å². The third-order valence-corrected chi connectivity index (χ3v) is 7.44. The van der Waals surface area contributed by atoms with Crippen molar-refractivity contribution >= 4 is 17.3 Å². The van der Waals surface area contributed by atoms with Gasteiger partial charge in [-0.25, -0.2) is 0 Å². The van der Waals surface area contributed by atoms with E-state index < -0.39 is 36.3 Å². The summed E-state index contributed by atoms with van der Waals surface area (Å²) in [5.41, 5.74) is 1.65. The molecule has 5 atom stereocenters. The van der Waals surface area contributed by atoms with E-state index in [4.69, 9.17) is 25.8 Å². The van der Waals surface area contributed by atoms with Crippen molar-refractivity contribution < 1.29 is 34.6 Å². The Morgan fingerprint density at radius 1 is 1.11 bits per heavy atom. The van der Waals surface area contributed by atoms with Crippen molar-refractivity contribution in [2.24, 2.45) is 4.99 Å². The molecule has 2 aromatic rings. The van der Waals surface area contributed by atoms with E-state index in [1.165, 1.54) is 0 Å². The van der Waals surface area contributed by atoms with Crippen LogP contribution in [0.4, 0.5) is 0 Å². The van der Waals surface area contributed by atoms with Gasteiger partial charge in [0.2, 0.25) is 5.79 Å². The highest BCUT2D eigenvalue weighted by molar-refractivity contribution is 6.31. The third-order valence-electron chi connectivity index (χ3n) is 7.07. The summed E-state index contributed by atoms with van der Waals surface area (Å²) >= 11 is 6.50. The molecular formula is C27H30ClNO7. The molecule has 2 heterocycles. The molecule has 0 saturated carbocycles. The molecule has 0 spiro atoms. The Labute approximate surface area is 214 Å². The van der Waals surface area contributed by atoms with Crippen molar-refractivity contribution in [2.75, 3.05) is 19.8 Å². The molecule has 1 aliphatic carbocycles. The summed E-state index contributed by atoms with van der Waals surface area (Å²) in [6.07, 6.45) is -0.244. The standard InChI is InChI=1S/C27H30ClNO7/c1-2-29-21-4-3-5-22(21)35-19-9-6-16(7-10-19)12-17-13-18(8-11-20(17)28)27-25(33)23(31)24(32)26(14-30,36-27)15-34-27/h5-11,13,23-25,30-33H,2-4,12,14-15H2,1H3/t23-,24-,25+,26-,27-/m0/s1. The van der Waals surface area contributed by atoms with Gasteiger partial charge in [-0.1, -0.05) is 29.8 Å². The van der Waals surface area contributed by atoms with Crippen molar-refractivity contribution in [2.45, 2.75) is 55.9 Å². The van der Waals surface area contributed by atoms with Gasteiger partial charge in [0.1, 0.15) is 35.4 Å². The first kappa shape index (κ1) is 25.4. The largest absolute Gasteiger partial charge is 0.456 e. The molecule has 2 aromatic carbocycles. The number of hydrogen-bond acceptors (Lipinski definition) is 8. The molecule has 2 bridgehead atoms. The molecule has 4 N–H and O–H groups in total. The Morgan fingerprint density at radius 2 is 1.89 bits per heavy atom. The van der Waals surface area contributed by atoms with Crippen LogP contribution in [-0.4, -0.2) is 69.8 Å². The van der Waals surface area contributed by atoms with Crippen LogP contribution in [0, 0.1) is 0 Å². The van der Waals surface area contributed by atoms with Gasteiger partial charge >= 0.3 is 0 Å². The summed E-state index contributed by atoms with van der Waals surface area (Å²) in [5, 5.41) is 42.0. The molecule has 2 saturated heterocycles. The number of halogens is 1. The zero-order valence-electron chi connectivity index (χ0n) is 19.9. The first-order chi connectivity index (χ1) is 17.3. The lowest BCUT2D eigenvalue weighted by molar-refractivity contribution is -0.329. The fourth-order valence-corrected chi connectivity index (χ4v) is 5.24. The van der Waals surface area contributed by atoms with Gasteiger partial charge in [-0.15, -0.1) is 0 Å². The highest BCUT2D eigenvalue weighted by atomic mass is 35.5. The molecule has 0 aromatic heterocycles. The van der Waals surface area contributed by atoms with Crippen molar-refractivity contribution in [3.63, 3.8) is 0 Å². The molecule has 0 amide bonds. The second-order valence-corrected chi connectivity index (χ2v) is 9.83. The fourth-order valence-electron chi connectivity index (χ4n) is 5.05. The Hall–Kier alpha value is -2.30. The Kier molecular flexibility index (Phi) is 6.95. The lowest BCUT2D eigenvalue weighted by Crippen LogP contribution is -2.65. The SMILES string of the molecule is CCN=C1CCC=C1Oc1ccc(Cc2cc([C@]34OC[C@](CO)(O3)[C@@H](O)[C@H](O)[C@H]4O)ccc2Cl)cc1. The van der Waals surface area contributed by atoms with Gasteiger partial charge in [-0.05, 0) is 67.7 Å². The summed E-state index contributed by atoms with van der Waals surface area (Å²) in [4.78, 5) is 4.50. The number of aliphatic imine (C=N–C) groups is 1. The normalized spacial score (nSPS) is 32.7. The van der Waals surface area contributed by atoms with Crippen LogP contribution in [-0.2, 0) is 21.7 Å². The van der Waals surface area contributed by atoms with Crippen LogP contribution < -0.4 is 4.74 Å². The summed E-state index contributed by atoms with van der Waals surface area (Å²) in [6, 6.07) is 12.8. The maximum absolute atomic E-state index is 10.8. The number of nitrogens with zero attached hydrogens (tertiary/aromatic N) is 1. The number of allylic oxidation sites excluding steroid dienone is 2. The lowest BCUT2D eigenvalue weighted by Gasteiger charge is -2.46. The van der Waals surface area contributed by atoms with Crippen molar-refractivity contribution in [1.82, 2.24) is 0 Å². The van der Waals surface area contributed by atoms with E-state index in [0.29, 0.717) is 17.0 Å². The van der Waals surface area contributed by atoms with E-state index in [-0.39, 0.29) is 6.61 Å². The molecule has 9 heteroatoms. The first-order valence-electron chi connectivity index (χ1n) is 12.1. The molecule has 2 fully saturated rings. The molecule has 36 heavy (non-hydrogen) atoms. The molecule has 3 aliphatic rings. The summed E-state index contributed by atoms with van der Waals surface area (Å²) in [7, 11) is 0. The molecule has 192 valence electrons. The van der Waals surface area contributed by atoms with Crippen LogP contribution in [0.15, 0.2) is 59.3 Å². The molecule has 8 nitrogen and oxygen atoms in total. The average molecular weight is 516 g/mol. The maximum Gasteiger partial charge on any atom is 0.225 e. The van der Waals surface area contributed by atoms with Gasteiger partial charge in [-0.3, -0.25) is 4.99 Å². The zero-order valence-corrected chi connectivity index (χ0v) is 20.7. The van der Waals surface area contributed by atoms with Crippen molar-refractivity contribution in [3.05, 3.63) is 76.0 Å². The maximum atomic E-state index is 10.8. The minimum absolute atomic E-state index is 0.181. The van der Waals surface area contributed by atoms with E-state index in [0.717, 1.165) is 47.7 Å². The van der Waals surface area contributed by atoms with Gasteiger partial charge < -0.3 is 34.6 Å². The molecule has 2 aliphatic heterocycles. The Morgan fingerprint density at radius 3 is 2.61 bits per heavy atom. The number of benzene rings is 2. The second kappa shape index (κ2) is 9.87. The highest BCUT2D eigenvalue weighted by Crippen LogP contribution is 2.49.